The maximum Gasteiger partial charge on any atom is 0.232 e. The number of benzene rings is 2. The second-order valence-electron chi connectivity index (χ2n) is 7.49. The number of sulfonamides is 1. The van der Waals surface area contributed by atoms with Crippen molar-refractivity contribution in [1.29, 1.82) is 0 Å². The number of rotatable bonds is 7. The molecule has 150 valence electrons. The van der Waals surface area contributed by atoms with Gasteiger partial charge in [-0.3, -0.25) is 9.10 Å². The molecule has 3 rings (SSSR count). The molecule has 0 unspecified atom stereocenters. The standard InChI is InChI=1S/C22H28N2O3S/c1-17-12-14-19(15-13-17)24(28(2,26)27)16-6-11-22(25)23-21-10-5-8-18-7-3-4-9-20(18)21/h3-4,7,9,12-15,21H,5-6,8,10-11,16H2,1-2H3,(H,23,25)/t21-/m0/s1. The molecule has 1 N–H and O–H groups in total. The van der Waals surface area contributed by atoms with Crippen LogP contribution in [0.1, 0.15) is 48.4 Å². The topological polar surface area (TPSA) is 66.5 Å². The lowest BCUT2D eigenvalue weighted by Gasteiger charge is -2.26. The predicted molar refractivity (Wildman–Crippen MR) is 113 cm³/mol. The summed E-state index contributed by atoms with van der Waals surface area (Å²) in [6.45, 7) is 2.25. The van der Waals surface area contributed by atoms with E-state index in [1.54, 1.807) is 12.1 Å². The fourth-order valence-corrected chi connectivity index (χ4v) is 4.72. The number of aryl methyl sites for hydroxylation is 2. The second-order valence-corrected chi connectivity index (χ2v) is 9.39. The van der Waals surface area contributed by atoms with Gasteiger partial charge in [0.15, 0.2) is 0 Å². The number of anilines is 1. The molecule has 1 amide bonds. The lowest BCUT2D eigenvalue weighted by atomic mass is 9.87. The highest BCUT2D eigenvalue weighted by Crippen LogP contribution is 2.29. The van der Waals surface area contributed by atoms with Crippen molar-refractivity contribution in [2.75, 3.05) is 17.1 Å². The first kappa shape index (κ1) is 20.4. The zero-order valence-electron chi connectivity index (χ0n) is 16.5. The van der Waals surface area contributed by atoms with Crippen molar-refractivity contribution in [3.8, 4) is 0 Å². The summed E-state index contributed by atoms with van der Waals surface area (Å²) in [6, 6.07) is 15.7. The van der Waals surface area contributed by atoms with Gasteiger partial charge >= 0.3 is 0 Å². The Morgan fingerprint density at radius 1 is 1.14 bits per heavy atom. The van der Waals surface area contributed by atoms with E-state index in [2.05, 4.69) is 17.4 Å². The Morgan fingerprint density at radius 3 is 2.57 bits per heavy atom. The summed E-state index contributed by atoms with van der Waals surface area (Å²) < 4.78 is 25.7. The average Bonchev–Trinajstić information content (AvgIpc) is 2.66. The SMILES string of the molecule is Cc1ccc(N(CCCC(=O)N[C@H]2CCCc3ccccc32)S(C)(=O)=O)cc1. The van der Waals surface area contributed by atoms with Crippen LogP contribution >= 0.6 is 0 Å². The van der Waals surface area contributed by atoms with Crippen LogP contribution in [0, 0.1) is 6.92 Å². The molecule has 6 heteroatoms. The quantitative estimate of drug-likeness (QED) is 0.770. The monoisotopic (exact) mass is 400 g/mol. The molecule has 1 aliphatic rings. The fraction of sp³-hybridized carbons (Fsp3) is 0.409. The molecule has 0 saturated carbocycles. The van der Waals surface area contributed by atoms with E-state index >= 15 is 0 Å². The molecule has 0 fully saturated rings. The van der Waals surface area contributed by atoms with Crippen LogP contribution in [-0.2, 0) is 21.2 Å². The van der Waals surface area contributed by atoms with Gasteiger partial charge in [-0.25, -0.2) is 8.42 Å². The van der Waals surface area contributed by atoms with E-state index in [0.717, 1.165) is 24.8 Å². The van der Waals surface area contributed by atoms with Gasteiger partial charge in [0, 0.05) is 13.0 Å². The summed E-state index contributed by atoms with van der Waals surface area (Å²) in [5, 5.41) is 3.13. The number of hydrogen-bond acceptors (Lipinski definition) is 3. The third-order valence-electron chi connectivity index (χ3n) is 5.19. The molecule has 2 aromatic carbocycles. The van der Waals surface area contributed by atoms with Gasteiger partial charge in [0.25, 0.3) is 0 Å². The molecule has 0 saturated heterocycles. The highest BCUT2D eigenvalue weighted by Gasteiger charge is 2.22. The normalized spacial score (nSPS) is 16.3. The van der Waals surface area contributed by atoms with Gasteiger partial charge in [-0.2, -0.15) is 0 Å². The van der Waals surface area contributed by atoms with Crippen molar-refractivity contribution in [1.82, 2.24) is 5.32 Å². The minimum Gasteiger partial charge on any atom is -0.349 e. The highest BCUT2D eigenvalue weighted by atomic mass is 32.2. The second kappa shape index (κ2) is 8.78. The van der Waals surface area contributed by atoms with Gasteiger partial charge < -0.3 is 5.32 Å². The zero-order valence-corrected chi connectivity index (χ0v) is 17.3. The molecule has 28 heavy (non-hydrogen) atoms. The molecule has 0 heterocycles. The highest BCUT2D eigenvalue weighted by molar-refractivity contribution is 7.92. The summed E-state index contributed by atoms with van der Waals surface area (Å²) in [5.41, 5.74) is 4.22. The van der Waals surface area contributed by atoms with Crippen molar-refractivity contribution in [3.63, 3.8) is 0 Å². The largest absolute Gasteiger partial charge is 0.349 e. The smallest absolute Gasteiger partial charge is 0.232 e. The lowest BCUT2D eigenvalue weighted by Crippen LogP contribution is -2.33. The number of hydrogen-bond donors (Lipinski definition) is 1. The Bertz CT molecular complexity index is 923. The number of carbonyl (C=O) groups excluding carboxylic acids is 1. The number of nitrogens with one attached hydrogen (secondary N) is 1. The maximum absolute atomic E-state index is 12.5. The molecular formula is C22H28N2O3S. The molecule has 5 nitrogen and oxygen atoms in total. The van der Waals surface area contributed by atoms with E-state index < -0.39 is 10.0 Å². The number of fused-ring (bicyclic) bond motifs is 1. The van der Waals surface area contributed by atoms with E-state index in [-0.39, 0.29) is 18.5 Å². The van der Waals surface area contributed by atoms with Crippen LogP contribution in [0.15, 0.2) is 48.5 Å². The molecular weight excluding hydrogens is 372 g/mol. The summed E-state index contributed by atoms with van der Waals surface area (Å²) >= 11 is 0. The first-order chi connectivity index (χ1) is 13.3. The Labute approximate surface area is 167 Å². The minimum absolute atomic E-state index is 0.0286. The Balaban J connectivity index is 1.57. The molecule has 1 atom stereocenters. The van der Waals surface area contributed by atoms with Crippen molar-refractivity contribution in [2.45, 2.75) is 45.1 Å². The maximum atomic E-state index is 12.5. The molecule has 0 bridgehead atoms. The minimum atomic E-state index is -3.39. The molecule has 0 spiro atoms. The van der Waals surface area contributed by atoms with E-state index in [1.165, 1.54) is 21.7 Å². The third-order valence-corrected chi connectivity index (χ3v) is 6.39. The Morgan fingerprint density at radius 2 is 1.86 bits per heavy atom. The molecule has 0 aromatic heterocycles. The average molecular weight is 401 g/mol. The fourth-order valence-electron chi connectivity index (χ4n) is 3.75. The van der Waals surface area contributed by atoms with Gasteiger partial charge in [0.1, 0.15) is 0 Å². The van der Waals surface area contributed by atoms with Crippen LogP contribution in [0.3, 0.4) is 0 Å². The first-order valence-electron chi connectivity index (χ1n) is 9.76. The summed E-state index contributed by atoms with van der Waals surface area (Å²) in [6.07, 6.45) is 5.05. The van der Waals surface area contributed by atoms with Crippen LogP contribution in [0.4, 0.5) is 5.69 Å². The van der Waals surface area contributed by atoms with Gasteiger partial charge in [-0.1, -0.05) is 42.0 Å². The number of carbonyl (C=O) groups is 1. The van der Waals surface area contributed by atoms with Gasteiger partial charge in [-0.15, -0.1) is 0 Å². The van der Waals surface area contributed by atoms with Gasteiger partial charge in [0.2, 0.25) is 15.9 Å². The first-order valence-corrected chi connectivity index (χ1v) is 11.6. The van der Waals surface area contributed by atoms with Crippen LogP contribution in [-0.4, -0.2) is 27.1 Å². The van der Waals surface area contributed by atoms with E-state index in [9.17, 15) is 13.2 Å². The summed E-state index contributed by atoms with van der Waals surface area (Å²) in [7, 11) is -3.39. The lowest BCUT2D eigenvalue weighted by molar-refractivity contribution is -0.122. The van der Waals surface area contributed by atoms with Crippen molar-refractivity contribution in [3.05, 3.63) is 65.2 Å². The van der Waals surface area contributed by atoms with Crippen molar-refractivity contribution < 1.29 is 13.2 Å². The number of nitrogens with zero attached hydrogens (tertiary/aromatic N) is 1. The summed E-state index contributed by atoms with van der Waals surface area (Å²) in [4.78, 5) is 12.5. The van der Waals surface area contributed by atoms with Crippen LogP contribution < -0.4 is 9.62 Å². The molecule has 1 aliphatic carbocycles. The van der Waals surface area contributed by atoms with E-state index in [0.29, 0.717) is 18.5 Å². The third kappa shape index (κ3) is 5.13. The van der Waals surface area contributed by atoms with Crippen LogP contribution in [0.25, 0.3) is 0 Å². The Kier molecular flexibility index (Phi) is 6.39. The molecule has 2 aromatic rings. The van der Waals surface area contributed by atoms with Crippen molar-refractivity contribution >= 4 is 21.6 Å². The molecule has 0 radical (unpaired) electrons. The van der Waals surface area contributed by atoms with Crippen molar-refractivity contribution in [2.24, 2.45) is 0 Å². The molecule has 0 aliphatic heterocycles. The predicted octanol–water partition coefficient (Wildman–Crippen LogP) is 3.74. The van der Waals surface area contributed by atoms with Gasteiger partial charge in [-0.05, 0) is 55.9 Å². The van der Waals surface area contributed by atoms with Crippen LogP contribution in [0.2, 0.25) is 0 Å². The zero-order chi connectivity index (χ0) is 20.1. The summed E-state index contributed by atoms with van der Waals surface area (Å²) in [5.74, 6) is -0.0286. The van der Waals surface area contributed by atoms with Gasteiger partial charge in [0.05, 0.1) is 18.0 Å². The van der Waals surface area contributed by atoms with E-state index in [4.69, 9.17) is 0 Å². The number of amides is 1. The Hall–Kier alpha value is -2.34. The van der Waals surface area contributed by atoms with E-state index in [1.807, 2.05) is 31.2 Å². The van der Waals surface area contributed by atoms with Crippen LogP contribution in [0.5, 0.6) is 0 Å².